The number of carbonyl (C=O) groups is 1. The lowest BCUT2D eigenvalue weighted by Gasteiger charge is -2.10. The molecule has 1 aliphatic rings. The van der Waals surface area contributed by atoms with Crippen molar-refractivity contribution >= 4 is 21.5 Å². The van der Waals surface area contributed by atoms with Crippen LogP contribution in [0.4, 0.5) is 0 Å². The molecule has 0 saturated carbocycles. The number of nitrogens with one attached hydrogen (secondary N) is 1. The summed E-state index contributed by atoms with van der Waals surface area (Å²) >= 11 is 0. The van der Waals surface area contributed by atoms with Gasteiger partial charge in [0.15, 0.2) is 9.84 Å². The highest BCUT2D eigenvalue weighted by Crippen LogP contribution is 2.12. The van der Waals surface area contributed by atoms with Crippen molar-refractivity contribution in [3.8, 4) is 0 Å². The normalized spacial score (nSPS) is 20.4. The highest BCUT2D eigenvalue weighted by Gasteiger charge is 2.25. The van der Waals surface area contributed by atoms with Gasteiger partial charge in [-0.1, -0.05) is 0 Å². The fourth-order valence-electron chi connectivity index (χ4n) is 2.17. The van der Waals surface area contributed by atoms with Gasteiger partial charge in [0, 0.05) is 17.8 Å². The molecule has 20 heavy (non-hydrogen) atoms. The van der Waals surface area contributed by atoms with Crippen LogP contribution >= 0.6 is 0 Å². The topological polar surface area (TPSA) is 93.4 Å². The first-order valence-corrected chi connectivity index (χ1v) is 7.69. The van der Waals surface area contributed by atoms with E-state index >= 15 is 0 Å². The van der Waals surface area contributed by atoms with Crippen molar-refractivity contribution in [2.24, 2.45) is 0 Å². The molecule has 0 spiro atoms. The van der Waals surface area contributed by atoms with E-state index in [2.05, 4.69) is 15.3 Å². The molecule has 1 amide bonds. The predicted octanol–water partition coefficient (Wildman–Crippen LogP) is 0.0782. The van der Waals surface area contributed by atoms with Gasteiger partial charge >= 0.3 is 0 Å². The molecule has 2 aromatic heterocycles. The van der Waals surface area contributed by atoms with Gasteiger partial charge in [-0.05, 0) is 19.1 Å². The Kier molecular flexibility index (Phi) is 2.82. The number of hydrogen-bond donors (Lipinski definition) is 1. The Morgan fingerprint density at radius 1 is 1.50 bits per heavy atom. The van der Waals surface area contributed by atoms with Crippen molar-refractivity contribution in [1.29, 1.82) is 0 Å². The average molecular weight is 292 g/mol. The Labute approximate surface area is 115 Å². The first-order valence-electron chi connectivity index (χ1n) is 5.98. The maximum Gasteiger partial charge on any atom is 0.270 e. The maximum absolute atomic E-state index is 12.3. The molecule has 0 radical (unpaired) electrons. The second kappa shape index (κ2) is 4.41. The van der Waals surface area contributed by atoms with Crippen LogP contribution in [0.15, 0.2) is 29.9 Å². The molecular formula is C12H12N4O3S. The van der Waals surface area contributed by atoms with Crippen LogP contribution in [0.2, 0.25) is 0 Å². The molecule has 2 aromatic rings. The fraction of sp³-hybridized carbons (Fsp3) is 0.250. The van der Waals surface area contributed by atoms with Crippen LogP contribution in [0.5, 0.6) is 0 Å². The van der Waals surface area contributed by atoms with E-state index in [0.29, 0.717) is 17.2 Å². The number of aryl methyl sites for hydroxylation is 1. The lowest BCUT2D eigenvalue weighted by atomic mass is 10.3. The molecule has 8 heteroatoms. The predicted molar refractivity (Wildman–Crippen MR) is 71.9 cm³/mol. The summed E-state index contributed by atoms with van der Waals surface area (Å²) in [6.07, 6.45) is 4.76. The van der Waals surface area contributed by atoms with Gasteiger partial charge in [-0.3, -0.25) is 9.20 Å². The lowest BCUT2D eigenvalue weighted by molar-refractivity contribution is 0.0941. The largest absolute Gasteiger partial charge is 0.343 e. The third kappa shape index (κ3) is 2.18. The molecule has 1 aliphatic heterocycles. The standard InChI is InChI=1S/C12H12N4O3S/c1-8-10(16-5-2-4-13-12(16)14-8)11(17)15-9-3-6-20(18,19)7-9/h2-6,9H,7H2,1H3,(H,15,17)/t9-/m1/s1. The Morgan fingerprint density at radius 3 is 3.00 bits per heavy atom. The zero-order valence-corrected chi connectivity index (χ0v) is 11.5. The van der Waals surface area contributed by atoms with Gasteiger partial charge in [-0.15, -0.1) is 0 Å². The summed E-state index contributed by atoms with van der Waals surface area (Å²) in [7, 11) is -3.19. The average Bonchev–Trinajstić information content (AvgIpc) is 2.88. The number of amides is 1. The van der Waals surface area contributed by atoms with Crippen LogP contribution in [-0.4, -0.2) is 40.5 Å². The highest BCUT2D eigenvalue weighted by atomic mass is 32.2. The third-order valence-electron chi connectivity index (χ3n) is 3.04. The number of carbonyl (C=O) groups excluding carboxylic acids is 1. The second-order valence-corrected chi connectivity index (χ2v) is 6.50. The number of fused-ring (bicyclic) bond motifs is 1. The molecule has 7 nitrogen and oxygen atoms in total. The van der Waals surface area contributed by atoms with Crippen LogP contribution in [0.3, 0.4) is 0 Å². The van der Waals surface area contributed by atoms with Gasteiger partial charge in [0.2, 0.25) is 5.78 Å². The summed E-state index contributed by atoms with van der Waals surface area (Å²) in [6, 6.07) is 1.19. The Bertz CT molecular complexity index is 822. The summed E-state index contributed by atoms with van der Waals surface area (Å²) < 4.78 is 24.2. The Hall–Kier alpha value is -2.22. The molecule has 1 atom stereocenters. The van der Waals surface area contributed by atoms with Crippen LogP contribution in [-0.2, 0) is 9.84 Å². The van der Waals surface area contributed by atoms with E-state index in [0.717, 1.165) is 5.41 Å². The summed E-state index contributed by atoms with van der Waals surface area (Å²) in [4.78, 5) is 20.5. The molecule has 3 rings (SSSR count). The molecule has 0 aromatic carbocycles. The molecule has 0 unspecified atom stereocenters. The van der Waals surface area contributed by atoms with Gasteiger partial charge in [-0.25, -0.2) is 18.4 Å². The first-order chi connectivity index (χ1) is 9.46. The third-order valence-corrected chi connectivity index (χ3v) is 4.44. The van der Waals surface area contributed by atoms with Crippen molar-refractivity contribution in [2.75, 3.05) is 5.75 Å². The van der Waals surface area contributed by atoms with Crippen molar-refractivity contribution in [3.63, 3.8) is 0 Å². The maximum atomic E-state index is 12.3. The number of aromatic nitrogens is 3. The Morgan fingerprint density at radius 2 is 2.30 bits per heavy atom. The van der Waals surface area contributed by atoms with E-state index in [-0.39, 0.29) is 11.7 Å². The number of imidazole rings is 1. The summed E-state index contributed by atoms with van der Waals surface area (Å²) in [5, 5.41) is 3.80. The van der Waals surface area contributed by atoms with Crippen molar-refractivity contribution in [1.82, 2.24) is 19.7 Å². The van der Waals surface area contributed by atoms with Crippen LogP contribution in [0.1, 0.15) is 16.2 Å². The summed E-state index contributed by atoms with van der Waals surface area (Å²) in [6.45, 7) is 1.71. The van der Waals surface area contributed by atoms with E-state index in [1.807, 2.05) is 0 Å². The summed E-state index contributed by atoms with van der Waals surface area (Å²) in [5.41, 5.74) is 0.914. The molecule has 1 N–H and O–H groups in total. The smallest absolute Gasteiger partial charge is 0.270 e. The summed E-state index contributed by atoms with van der Waals surface area (Å²) in [5.74, 6) is -0.0354. The molecule has 0 fully saturated rings. The van der Waals surface area contributed by atoms with Crippen LogP contribution in [0, 0.1) is 6.92 Å². The number of nitrogens with zero attached hydrogens (tertiary/aromatic N) is 3. The molecule has 3 heterocycles. The monoisotopic (exact) mass is 292 g/mol. The van der Waals surface area contributed by atoms with E-state index in [9.17, 15) is 13.2 Å². The van der Waals surface area contributed by atoms with E-state index < -0.39 is 15.9 Å². The van der Waals surface area contributed by atoms with Gasteiger partial charge in [0.05, 0.1) is 17.5 Å². The van der Waals surface area contributed by atoms with E-state index in [1.165, 1.54) is 6.08 Å². The minimum Gasteiger partial charge on any atom is -0.343 e. The van der Waals surface area contributed by atoms with Gasteiger partial charge < -0.3 is 5.32 Å². The van der Waals surface area contributed by atoms with E-state index in [1.54, 1.807) is 29.8 Å². The number of hydrogen-bond acceptors (Lipinski definition) is 5. The van der Waals surface area contributed by atoms with Crippen LogP contribution in [0.25, 0.3) is 5.78 Å². The molecule has 104 valence electrons. The quantitative estimate of drug-likeness (QED) is 0.846. The van der Waals surface area contributed by atoms with Gasteiger partial charge in [-0.2, -0.15) is 0 Å². The van der Waals surface area contributed by atoms with Gasteiger partial charge in [0.25, 0.3) is 5.91 Å². The fourth-order valence-corrected chi connectivity index (χ4v) is 3.41. The van der Waals surface area contributed by atoms with E-state index in [4.69, 9.17) is 0 Å². The van der Waals surface area contributed by atoms with Crippen molar-refractivity contribution in [2.45, 2.75) is 13.0 Å². The minimum absolute atomic E-state index is 0.104. The Balaban J connectivity index is 1.90. The molecule has 0 bridgehead atoms. The zero-order chi connectivity index (χ0) is 14.3. The second-order valence-electron chi connectivity index (χ2n) is 4.57. The van der Waals surface area contributed by atoms with Gasteiger partial charge in [0.1, 0.15) is 5.69 Å². The zero-order valence-electron chi connectivity index (χ0n) is 10.6. The van der Waals surface area contributed by atoms with Crippen molar-refractivity contribution in [3.05, 3.63) is 41.3 Å². The number of rotatable bonds is 2. The van der Waals surface area contributed by atoms with Crippen molar-refractivity contribution < 1.29 is 13.2 Å². The number of sulfone groups is 1. The van der Waals surface area contributed by atoms with Crippen LogP contribution < -0.4 is 5.32 Å². The minimum atomic E-state index is -3.19. The SMILES string of the molecule is Cc1nc2ncccn2c1C(=O)N[C@@H]1C=CS(=O)(=O)C1. The molecule has 0 saturated heterocycles. The molecule has 0 aliphatic carbocycles. The lowest BCUT2D eigenvalue weighted by Crippen LogP contribution is -2.36. The molecular weight excluding hydrogens is 280 g/mol. The highest BCUT2D eigenvalue weighted by molar-refractivity contribution is 7.94. The first kappa shape index (κ1) is 12.8.